The second-order valence-electron chi connectivity index (χ2n) is 4.06. The van der Waals surface area contributed by atoms with Crippen LogP contribution in [0.15, 0.2) is 18.2 Å². The van der Waals surface area contributed by atoms with E-state index in [2.05, 4.69) is 10.9 Å². The molecule has 0 radical (unpaired) electrons. The van der Waals surface area contributed by atoms with Gasteiger partial charge in [-0.05, 0) is 31.0 Å². The first-order valence-electron chi connectivity index (χ1n) is 5.55. The van der Waals surface area contributed by atoms with E-state index in [1.165, 1.54) is 13.2 Å². The van der Waals surface area contributed by atoms with E-state index in [-0.39, 0.29) is 17.4 Å². The molecule has 5 nitrogen and oxygen atoms in total. The Morgan fingerprint density at radius 3 is 2.67 bits per heavy atom. The van der Waals surface area contributed by atoms with Crippen molar-refractivity contribution in [3.05, 3.63) is 28.8 Å². The Bertz CT molecular complexity index is 486. The van der Waals surface area contributed by atoms with Crippen LogP contribution in [-0.4, -0.2) is 18.9 Å². The highest BCUT2D eigenvalue weighted by atomic mass is 35.5. The molecule has 1 aliphatic carbocycles. The number of carbonyl (C=O) groups excluding carboxylic acids is 2. The lowest BCUT2D eigenvalue weighted by molar-refractivity contribution is -0.123. The topological polar surface area (TPSA) is 67.4 Å². The summed E-state index contributed by atoms with van der Waals surface area (Å²) in [6.45, 7) is 0. The van der Waals surface area contributed by atoms with Gasteiger partial charge in [0.25, 0.3) is 5.91 Å². The van der Waals surface area contributed by atoms with Crippen LogP contribution in [0.25, 0.3) is 0 Å². The second-order valence-corrected chi connectivity index (χ2v) is 4.50. The fourth-order valence-corrected chi connectivity index (χ4v) is 1.66. The molecular weight excluding hydrogens is 256 g/mol. The van der Waals surface area contributed by atoms with Crippen molar-refractivity contribution in [2.24, 2.45) is 5.92 Å². The summed E-state index contributed by atoms with van der Waals surface area (Å²) in [5.41, 5.74) is 5.00. The lowest BCUT2D eigenvalue weighted by atomic mass is 10.2. The van der Waals surface area contributed by atoms with Crippen LogP contribution >= 0.6 is 11.6 Å². The Balaban J connectivity index is 2.03. The molecule has 1 aliphatic rings. The Kier molecular flexibility index (Phi) is 3.72. The van der Waals surface area contributed by atoms with Crippen LogP contribution in [0.4, 0.5) is 0 Å². The molecule has 6 heteroatoms. The Morgan fingerprint density at radius 1 is 1.33 bits per heavy atom. The highest BCUT2D eigenvalue weighted by Crippen LogP contribution is 2.28. The molecule has 1 aromatic carbocycles. The summed E-state index contributed by atoms with van der Waals surface area (Å²) in [6.07, 6.45) is 1.75. The minimum absolute atomic E-state index is 0.0338. The van der Waals surface area contributed by atoms with Gasteiger partial charge in [-0.3, -0.25) is 20.4 Å². The molecule has 2 N–H and O–H groups in total. The van der Waals surface area contributed by atoms with Crippen LogP contribution in [0.1, 0.15) is 23.2 Å². The van der Waals surface area contributed by atoms with Crippen LogP contribution in [0.3, 0.4) is 0 Å². The average molecular weight is 269 g/mol. The molecule has 0 spiro atoms. The van der Waals surface area contributed by atoms with E-state index in [1.54, 1.807) is 12.1 Å². The highest BCUT2D eigenvalue weighted by molar-refractivity contribution is 6.31. The van der Waals surface area contributed by atoms with E-state index in [0.717, 1.165) is 12.8 Å². The van der Waals surface area contributed by atoms with E-state index in [0.29, 0.717) is 10.8 Å². The molecule has 96 valence electrons. The van der Waals surface area contributed by atoms with Gasteiger partial charge in [-0.15, -0.1) is 0 Å². The van der Waals surface area contributed by atoms with Crippen molar-refractivity contribution < 1.29 is 14.3 Å². The van der Waals surface area contributed by atoms with Gasteiger partial charge in [-0.2, -0.15) is 0 Å². The number of methoxy groups -OCH3 is 1. The molecule has 0 aliphatic heterocycles. The molecule has 0 unspecified atom stereocenters. The van der Waals surface area contributed by atoms with E-state index in [1.807, 2.05) is 0 Å². The quantitative estimate of drug-likeness (QED) is 0.817. The third-order valence-corrected chi connectivity index (χ3v) is 2.89. The van der Waals surface area contributed by atoms with Crippen molar-refractivity contribution in [2.75, 3.05) is 7.11 Å². The van der Waals surface area contributed by atoms with Gasteiger partial charge >= 0.3 is 0 Å². The van der Waals surface area contributed by atoms with Crippen LogP contribution in [0.2, 0.25) is 5.02 Å². The molecule has 1 saturated carbocycles. The van der Waals surface area contributed by atoms with E-state index >= 15 is 0 Å². The number of halogens is 1. The number of carbonyl (C=O) groups is 2. The second kappa shape index (κ2) is 5.27. The highest BCUT2D eigenvalue weighted by Gasteiger charge is 2.29. The molecule has 0 saturated heterocycles. The molecule has 1 fully saturated rings. The SMILES string of the molecule is COc1ccc(Cl)cc1C(=O)NNC(=O)C1CC1. The van der Waals surface area contributed by atoms with Gasteiger partial charge in [0.15, 0.2) is 0 Å². The van der Waals surface area contributed by atoms with Crippen molar-refractivity contribution in [1.29, 1.82) is 0 Å². The number of nitrogens with one attached hydrogen (secondary N) is 2. The number of amides is 2. The molecule has 0 heterocycles. The van der Waals surface area contributed by atoms with Gasteiger partial charge in [-0.1, -0.05) is 11.6 Å². The lowest BCUT2D eigenvalue weighted by Gasteiger charge is -2.10. The van der Waals surface area contributed by atoms with Gasteiger partial charge in [0.1, 0.15) is 5.75 Å². The molecule has 0 aromatic heterocycles. The monoisotopic (exact) mass is 268 g/mol. The van der Waals surface area contributed by atoms with Crippen molar-refractivity contribution in [3.63, 3.8) is 0 Å². The van der Waals surface area contributed by atoms with Crippen molar-refractivity contribution in [1.82, 2.24) is 10.9 Å². The fourth-order valence-electron chi connectivity index (χ4n) is 1.49. The molecule has 18 heavy (non-hydrogen) atoms. The number of hydrogen-bond donors (Lipinski definition) is 2. The fraction of sp³-hybridized carbons (Fsp3) is 0.333. The first-order chi connectivity index (χ1) is 8.61. The summed E-state index contributed by atoms with van der Waals surface area (Å²) < 4.78 is 5.06. The van der Waals surface area contributed by atoms with Gasteiger partial charge < -0.3 is 4.74 Å². The maximum Gasteiger partial charge on any atom is 0.273 e. The summed E-state index contributed by atoms with van der Waals surface area (Å²) in [6, 6.07) is 4.71. The normalized spacial score (nSPS) is 13.9. The summed E-state index contributed by atoms with van der Waals surface area (Å²) in [5, 5.41) is 0.425. The number of ether oxygens (including phenoxy) is 1. The number of rotatable bonds is 3. The molecular formula is C12H13ClN2O3. The predicted molar refractivity (Wildman–Crippen MR) is 66.3 cm³/mol. The first-order valence-corrected chi connectivity index (χ1v) is 5.93. The first kappa shape index (κ1) is 12.7. The summed E-state index contributed by atoms with van der Waals surface area (Å²) in [4.78, 5) is 23.2. The zero-order valence-electron chi connectivity index (χ0n) is 9.83. The number of hydrogen-bond acceptors (Lipinski definition) is 3. The molecule has 2 amide bonds. The Labute approximate surface area is 109 Å². The van der Waals surface area contributed by atoms with E-state index in [4.69, 9.17) is 16.3 Å². The average Bonchev–Trinajstić information content (AvgIpc) is 3.19. The van der Waals surface area contributed by atoms with Crippen LogP contribution in [0.5, 0.6) is 5.75 Å². The molecule has 0 bridgehead atoms. The lowest BCUT2D eigenvalue weighted by Crippen LogP contribution is -2.42. The van der Waals surface area contributed by atoms with E-state index < -0.39 is 5.91 Å². The Morgan fingerprint density at radius 2 is 2.06 bits per heavy atom. The Hall–Kier alpha value is -1.75. The molecule has 2 rings (SSSR count). The maximum absolute atomic E-state index is 11.9. The summed E-state index contributed by atoms with van der Waals surface area (Å²) in [7, 11) is 1.46. The zero-order valence-corrected chi connectivity index (χ0v) is 10.6. The van der Waals surface area contributed by atoms with Gasteiger partial charge in [0, 0.05) is 10.9 Å². The number of hydrazine groups is 1. The van der Waals surface area contributed by atoms with Gasteiger partial charge in [0.2, 0.25) is 5.91 Å². The van der Waals surface area contributed by atoms with Crippen LogP contribution in [0, 0.1) is 5.92 Å². The minimum atomic E-state index is -0.455. The maximum atomic E-state index is 11.9. The van der Waals surface area contributed by atoms with Crippen LogP contribution < -0.4 is 15.6 Å². The van der Waals surface area contributed by atoms with Crippen LogP contribution in [-0.2, 0) is 4.79 Å². The van der Waals surface area contributed by atoms with Crippen molar-refractivity contribution in [2.45, 2.75) is 12.8 Å². The van der Waals surface area contributed by atoms with Crippen molar-refractivity contribution in [3.8, 4) is 5.75 Å². The summed E-state index contributed by atoms with van der Waals surface area (Å²) >= 11 is 5.82. The molecule has 0 atom stereocenters. The van der Waals surface area contributed by atoms with Crippen molar-refractivity contribution >= 4 is 23.4 Å². The third kappa shape index (κ3) is 2.92. The third-order valence-electron chi connectivity index (χ3n) is 2.65. The summed E-state index contributed by atoms with van der Waals surface area (Å²) in [5.74, 6) is -0.183. The largest absolute Gasteiger partial charge is 0.496 e. The van der Waals surface area contributed by atoms with Gasteiger partial charge in [0.05, 0.1) is 12.7 Å². The van der Waals surface area contributed by atoms with E-state index in [9.17, 15) is 9.59 Å². The van der Waals surface area contributed by atoms with Gasteiger partial charge in [-0.25, -0.2) is 0 Å². The zero-order chi connectivity index (χ0) is 13.1. The molecule has 1 aromatic rings. The minimum Gasteiger partial charge on any atom is -0.496 e. The standard InChI is InChI=1S/C12H13ClN2O3/c1-18-10-5-4-8(13)6-9(10)12(17)15-14-11(16)7-2-3-7/h4-7H,2-3H2,1H3,(H,14,16)(H,15,17). The smallest absolute Gasteiger partial charge is 0.273 e. The predicted octanol–water partition coefficient (Wildman–Crippen LogP) is 1.52. The number of benzene rings is 1.